The van der Waals surface area contributed by atoms with Crippen molar-refractivity contribution in [3.05, 3.63) is 59.1 Å². The van der Waals surface area contributed by atoms with Crippen LogP contribution in [0.1, 0.15) is 42.1 Å². The van der Waals surface area contributed by atoms with E-state index in [-0.39, 0.29) is 17.2 Å². The van der Waals surface area contributed by atoms with Crippen molar-refractivity contribution in [1.29, 1.82) is 0 Å². The molecule has 4 N–H and O–H groups in total. The number of nitrogens with two attached hydrogens (primary N) is 2. The second-order valence-electron chi connectivity index (χ2n) is 7.87. The molecule has 0 aromatic heterocycles. The summed E-state index contributed by atoms with van der Waals surface area (Å²) in [4.78, 5) is 12.0. The summed E-state index contributed by atoms with van der Waals surface area (Å²) in [6.45, 7) is 7.02. The molecule has 0 bridgehead atoms. The SMILES string of the molecule is C=C(c1cc(-c2ccc(Cl)cc2)cc(C(N)=O)c1N)C1CCN(S(=O)(=O)CCC)CC1. The number of carbonyl (C=O) groups excluding carboxylic acids is 1. The van der Waals surface area contributed by atoms with Crippen LogP contribution in [0.4, 0.5) is 5.69 Å². The summed E-state index contributed by atoms with van der Waals surface area (Å²) in [6.07, 6.45) is 1.90. The van der Waals surface area contributed by atoms with E-state index in [4.69, 9.17) is 23.1 Å². The van der Waals surface area contributed by atoms with E-state index in [0.717, 1.165) is 16.7 Å². The maximum atomic E-state index is 12.4. The van der Waals surface area contributed by atoms with Gasteiger partial charge in [-0.25, -0.2) is 12.7 Å². The number of primary amides is 1. The number of rotatable bonds is 7. The van der Waals surface area contributed by atoms with Gasteiger partial charge in [0.2, 0.25) is 10.0 Å². The third-order valence-corrected chi connectivity index (χ3v) is 8.10. The summed E-state index contributed by atoms with van der Waals surface area (Å²) in [5, 5.41) is 0.615. The van der Waals surface area contributed by atoms with E-state index in [1.54, 1.807) is 22.5 Å². The fraction of sp³-hybridized carbons (Fsp3) is 0.348. The number of nitrogen functional groups attached to an aromatic ring is 1. The molecule has 0 unspecified atom stereocenters. The smallest absolute Gasteiger partial charge is 0.250 e. The van der Waals surface area contributed by atoms with Gasteiger partial charge in [-0.3, -0.25) is 4.79 Å². The highest BCUT2D eigenvalue weighted by atomic mass is 35.5. The van der Waals surface area contributed by atoms with Crippen molar-refractivity contribution in [2.24, 2.45) is 11.7 Å². The van der Waals surface area contributed by atoms with Crippen molar-refractivity contribution in [1.82, 2.24) is 4.31 Å². The lowest BCUT2D eigenvalue weighted by Gasteiger charge is -2.32. The van der Waals surface area contributed by atoms with E-state index in [0.29, 0.717) is 48.6 Å². The molecule has 6 nitrogen and oxygen atoms in total. The third-order valence-electron chi connectivity index (χ3n) is 5.77. The molecule has 1 amide bonds. The number of halogens is 1. The average Bonchev–Trinajstić information content (AvgIpc) is 2.74. The Balaban J connectivity index is 1.90. The Hall–Kier alpha value is -2.35. The van der Waals surface area contributed by atoms with Gasteiger partial charge in [-0.2, -0.15) is 0 Å². The predicted octanol–water partition coefficient (Wildman–Crippen LogP) is 4.15. The Morgan fingerprint density at radius 1 is 1.13 bits per heavy atom. The number of hydrogen-bond acceptors (Lipinski definition) is 4. The molecule has 2 aromatic rings. The standard InChI is InChI=1S/C23H28ClN3O3S/c1-3-12-31(29,30)27-10-8-16(9-11-27)15(2)20-13-18(14-21(22(20)25)23(26)28)17-4-6-19(24)7-5-17/h4-7,13-14,16H,2-3,8-12,25H2,1H3,(H2,26,28). The van der Waals surface area contributed by atoms with Crippen molar-refractivity contribution in [3.8, 4) is 11.1 Å². The summed E-state index contributed by atoms with van der Waals surface area (Å²) in [5.74, 6) is -0.379. The molecule has 166 valence electrons. The molecule has 0 atom stereocenters. The molecule has 1 aliphatic rings. The highest BCUT2D eigenvalue weighted by molar-refractivity contribution is 7.89. The Kier molecular flexibility index (Phi) is 7.09. The third kappa shape index (κ3) is 5.11. The first kappa shape index (κ1) is 23.3. The molecule has 1 heterocycles. The molecule has 3 rings (SSSR count). The quantitative estimate of drug-likeness (QED) is 0.604. The molecule has 1 aliphatic heterocycles. The van der Waals surface area contributed by atoms with Gasteiger partial charge in [0.15, 0.2) is 0 Å². The summed E-state index contributed by atoms with van der Waals surface area (Å²) >= 11 is 6.00. The van der Waals surface area contributed by atoms with Crippen LogP contribution in [-0.4, -0.2) is 37.5 Å². The number of anilines is 1. The zero-order valence-corrected chi connectivity index (χ0v) is 19.2. The van der Waals surface area contributed by atoms with Crippen LogP contribution in [-0.2, 0) is 10.0 Å². The highest BCUT2D eigenvalue weighted by Gasteiger charge is 2.29. The predicted molar refractivity (Wildman–Crippen MR) is 127 cm³/mol. The first-order valence-electron chi connectivity index (χ1n) is 10.3. The van der Waals surface area contributed by atoms with Crippen LogP contribution in [0.2, 0.25) is 5.02 Å². The lowest BCUT2D eigenvalue weighted by Crippen LogP contribution is -2.39. The Morgan fingerprint density at radius 3 is 2.26 bits per heavy atom. The van der Waals surface area contributed by atoms with Crippen LogP contribution in [0.5, 0.6) is 0 Å². The van der Waals surface area contributed by atoms with Gasteiger partial charge in [0.05, 0.1) is 17.0 Å². The van der Waals surface area contributed by atoms with Crippen molar-refractivity contribution in [2.45, 2.75) is 26.2 Å². The maximum absolute atomic E-state index is 12.4. The topological polar surface area (TPSA) is 106 Å². The minimum absolute atomic E-state index is 0.0663. The molecule has 0 aliphatic carbocycles. The van der Waals surface area contributed by atoms with Crippen LogP contribution in [0, 0.1) is 5.92 Å². The number of carbonyl (C=O) groups is 1. The molecule has 31 heavy (non-hydrogen) atoms. The summed E-state index contributed by atoms with van der Waals surface area (Å²) in [5.41, 5.74) is 15.6. The first-order valence-corrected chi connectivity index (χ1v) is 12.3. The van der Waals surface area contributed by atoms with E-state index in [1.807, 2.05) is 25.1 Å². The molecule has 0 spiro atoms. The van der Waals surface area contributed by atoms with Crippen molar-refractivity contribution < 1.29 is 13.2 Å². The average molecular weight is 462 g/mol. The maximum Gasteiger partial charge on any atom is 0.250 e. The Bertz CT molecular complexity index is 1090. The molecule has 0 saturated carbocycles. The minimum Gasteiger partial charge on any atom is -0.398 e. The Labute approximate surface area is 188 Å². The zero-order valence-electron chi connectivity index (χ0n) is 17.6. The van der Waals surface area contributed by atoms with Gasteiger partial charge in [-0.1, -0.05) is 37.2 Å². The number of allylic oxidation sites excluding steroid dienone is 1. The second kappa shape index (κ2) is 9.42. The molecule has 2 aromatic carbocycles. The summed E-state index contributed by atoms with van der Waals surface area (Å²) in [7, 11) is -3.21. The van der Waals surface area contributed by atoms with Gasteiger partial charge in [-0.05, 0) is 66.1 Å². The summed E-state index contributed by atoms with van der Waals surface area (Å²) in [6, 6.07) is 10.9. The van der Waals surface area contributed by atoms with Gasteiger partial charge >= 0.3 is 0 Å². The van der Waals surface area contributed by atoms with Gasteiger partial charge in [0.1, 0.15) is 0 Å². The normalized spacial score (nSPS) is 15.7. The number of amides is 1. The van der Waals surface area contributed by atoms with E-state index >= 15 is 0 Å². The molecule has 1 saturated heterocycles. The van der Waals surface area contributed by atoms with E-state index in [1.165, 1.54) is 0 Å². The number of nitrogens with zero attached hydrogens (tertiary/aromatic N) is 1. The minimum atomic E-state index is -3.21. The molecular formula is C23H28ClN3O3S. The largest absolute Gasteiger partial charge is 0.398 e. The molecule has 1 fully saturated rings. The lowest BCUT2D eigenvalue weighted by molar-refractivity contribution is 0.100. The summed E-state index contributed by atoms with van der Waals surface area (Å²) < 4.78 is 26.3. The van der Waals surface area contributed by atoms with Gasteiger partial charge in [0, 0.05) is 23.7 Å². The lowest BCUT2D eigenvalue weighted by atomic mass is 9.84. The number of piperidine rings is 1. The number of sulfonamides is 1. The first-order chi connectivity index (χ1) is 14.6. The van der Waals surface area contributed by atoms with Gasteiger partial charge in [-0.15, -0.1) is 0 Å². The zero-order chi connectivity index (χ0) is 22.8. The molecular weight excluding hydrogens is 434 g/mol. The number of hydrogen-bond donors (Lipinski definition) is 2. The van der Waals surface area contributed by atoms with Crippen molar-refractivity contribution >= 4 is 38.8 Å². The highest BCUT2D eigenvalue weighted by Crippen LogP contribution is 2.38. The van der Waals surface area contributed by atoms with Crippen LogP contribution in [0.15, 0.2) is 43.0 Å². The van der Waals surface area contributed by atoms with Crippen molar-refractivity contribution in [2.75, 3.05) is 24.6 Å². The van der Waals surface area contributed by atoms with Crippen molar-refractivity contribution in [3.63, 3.8) is 0 Å². The van der Waals surface area contributed by atoms with Gasteiger partial charge in [0.25, 0.3) is 5.91 Å². The van der Waals surface area contributed by atoms with Crippen LogP contribution < -0.4 is 11.5 Å². The second-order valence-corrected chi connectivity index (χ2v) is 10.4. The van der Waals surface area contributed by atoms with Crippen LogP contribution >= 0.6 is 11.6 Å². The fourth-order valence-electron chi connectivity index (χ4n) is 4.02. The Morgan fingerprint density at radius 2 is 1.71 bits per heavy atom. The number of benzene rings is 2. The van der Waals surface area contributed by atoms with Crippen LogP contribution in [0.3, 0.4) is 0 Å². The van der Waals surface area contributed by atoms with E-state index in [2.05, 4.69) is 6.58 Å². The van der Waals surface area contributed by atoms with E-state index in [9.17, 15) is 13.2 Å². The fourth-order valence-corrected chi connectivity index (χ4v) is 5.69. The van der Waals surface area contributed by atoms with E-state index < -0.39 is 15.9 Å². The van der Waals surface area contributed by atoms with Gasteiger partial charge < -0.3 is 11.5 Å². The molecule has 0 radical (unpaired) electrons. The monoisotopic (exact) mass is 461 g/mol. The van der Waals surface area contributed by atoms with Crippen LogP contribution in [0.25, 0.3) is 16.7 Å². The molecule has 8 heteroatoms.